The Morgan fingerprint density at radius 2 is 1.72 bits per heavy atom. The summed E-state index contributed by atoms with van der Waals surface area (Å²) < 4.78 is 18.6. The maximum Gasteiger partial charge on any atom is 0.203 e. The van der Waals surface area contributed by atoms with Crippen LogP contribution in [0.15, 0.2) is 17.1 Å². The Morgan fingerprint density at radius 3 is 2.34 bits per heavy atom. The number of aromatic nitrogens is 3. The lowest BCUT2D eigenvalue weighted by Crippen LogP contribution is -2.52. The number of hydrogen-bond acceptors (Lipinski definition) is 7. The number of ether oxygens (including phenoxy) is 3. The molecule has 0 amide bonds. The van der Waals surface area contributed by atoms with E-state index in [1.165, 1.54) is 0 Å². The lowest BCUT2D eigenvalue weighted by atomic mass is 10.1. The second kappa shape index (κ2) is 10.1. The van der Waals surface area contributed by atoms with Crippen molar-refractivity contribution in [3.8, 4) is 17.2 Å². The van der Waals surface area contributed by atoms with Gasteiger partial charge in [0.2, 0.25) is 5.75 Å². The average Bonchev–Trinajstić information content (AvgIpc) is 3.44. The SMILES string of the molecule is CN=C(NCc1nnc2n1CCC2)N1CCN(Cc2cc(OC)c(OC)c(OC)c2)CC1. The molecule has 32 heavy (non-hydrogen) atoms. The number of nitrogens with zero attached hydrogens (tertiary/aromatic N) is 6. The molecular formula is C22H33N7O3. The standard InChI is InChI=1S/C22H33N7O3/c1-23-22(24-14-20-26-25-19-6-5-7-29(19)20)28-10-8-27(9-11-28)15-16-12-17(30-2)21(32-4)18(13-16)31-3/h12-13H,5-11,14-15H2,1-4H3,(H,23,24). The molecule has 3 heterocycles. The van der Waals surface area contributed by atoms with Crippen LogP contribution in [0.5, 0.6) is 17.2 Å². The van der Waals surface area contributed by atoms with Crippen molar-refractivity contribution in [1.82, 2.24) is 29.9 Å². The molecule has 0 saturated carbocycles. The minimum absolute atomic E-state index is 0.622. The zero-order valence-corrected chi connectivity index (χ0v) is 19.4. The van der Waals surface area contributed by atoms with E-state index in [1.807, 2.05) is 19.2 Å². The Bertz CT molecular complexity index is 926. The van der Waals surface area contributed by atoms with Crippen LogP contribution in [0, 0.1) is 0 Å². The molecule has 0 unspecified atom stereocenters. The first-order chi connectivity index (χ1) is 15.7. The maximum absolute atomic E-state index is 5.49. The van der Waals surface area contributed by atoms with Crippen LogP contribution in [0.1, 0.15) is 23.6 Å². The van der Waals surface area contributed by atoms with Gasteiger partial charge in [0.05, 0.1) is 27.9 Å². The average molecular weight is 444 g/mol. The van der Waals surface area contributed by atoms with Gasteiger partial charge in [0.15, 0.2) is 23.3 Å². The maximum atomic E-state index is 5.49. The lowest BCUT2D eigenvalue weighted by molar-refractivity contribution is 0.172. The Hall–Kier alpha value is -3.01. The summed E-state index contributed by atoms with van der Waals surface area (Å²) in [5, 5.41) is 12.1. The summed E-state index contributed by atoms with van der Waals surface area (Å²) in [4.78, 5) is 9.21. The summed E-state index contributed by atoms with van der Waals surface area (Å²) in [7, 11) is 6.74. The molecule has 1 aromatic heterocycles. The van der Waals surface area contributed by atoms with Gasteiger partial charge in [0.25, 0.3) is 0 Å². The van der Waals surface area contributed by atoms with E-state index >= 15 is 0 Å². The monoisotopic (exact) mass is 443 g/mol. The van der Waals surface area contributed by atoms with Crippen molar-refractivity contribution in [3.05, 3.63) is 29.3 Å². The molecule has 2 aromatic rings. The minimum atomic E-state index is 0.622. The van der Waals surface area contributed by atoms with Gasteiger partial charge in [0.1, 0.15) is 5.82 Å². The Morgan fingerprint density at radius 1 is 1.00 bits per heavy atom. The van der Waals surface area contributed by atoms with Gasteiger partial charge in [-0.1, -0.05) is 0 Å². The molecule has 10 heteroatoms. The molecule has 1 N–H and O–H groups in total. The van der Waals surface area contributed by atoms with Crippen LogP contribution in [0.2, 0.25) is 0 Å². The number of fused-ring (bicyclic) bond motifs is 1. The molecule has 0 bridgehead atoms. The normalized spacial score (nSPS) is 16.8. The van der Waals surface area contributed by atoms with Gasteiger partial charge in [-0.25, -0.2) is 0 Å². The van der Waals surface area contributed by atoms with Crippen LogP contribution < -0.4 is 19.5 Å². The number of nitrogens with one attached hydrogen (secondary N) is 1. The topological polar surface area (TPSA) is 89.3 Å². The number of benzene rings is 1. The molecule has 1 fully saturated rings. The summed E-state index contributed by atoms with van der Waals surface area (Å²) in [6, 6.07) is 4.04. The molecule has 10 nitrogen and oxygen atoms in total. The third kappa shape index (κ3) is 4.59. The minimum Gasteiger partial charge on any atom is -0.493 e. The van der Waals surface area contributed by atoms with Crippen molar-refractivity contribution in [3.63, 3.8) is 0 Å². The predicted octanol–water partition coefficient (Wildman–Crippen LogP) is 1.14. The highest BCUT2D eigenvalue weighted by Gasteiger charge is 2.22. The van der Waals surface area contributed by atoms with Crippen LogP contribution in [0.4, 0.5) is 0 Å². The van der Waals surface area contributed by atoms with Gasteiger partial charge < -0.3 is 29.0 Å². The lowest BCUT2D eigenvalue weighted by Gasteiger charge is -2.36. The molecule has 1 aromatic carbocycles. The van der Waals surface area contributed by atoms with Crippen LogP contribution in [0.25, 0.3) is 0 Å². The van der Waals surface area contributed by atoms with E-state index in [-0.39, 0.29) is 0 Å². The summed E-state index contributed by atoms with van der Waals surface area (Å²) in [6.07, 6.45) is 2.18. The number of piperazine rings is 1. The Labute approximate surface area is 189 Å². The quantitative estimate of drug-likeness (QED) is 0.504. The van der Waals surface area contributed by atoms with Crippen LogP contribution in [-0.4, -0.2) is 85.1 Å². The van der Waals surface area contributed by atoms with E-state index in [9.17, 15) is 0 Å². The van der Waals surface area contributed by atoms with Gasteiger partial charge in [-0.3, -0.25) is 9.89 Å². The molecule has 0 radical (unpaired) electrons. The number of rotatable bonds is 7. The van der Waals surface area contributed by atoms with Gasteiger partial charge in [-0.15, -0.1) is 10.2 Å². The van der Waals surface area contributed by atoms with E-state index in [0.717, 1.165) is 75.3 Å². The van der Waals surface area contributed by atoms with Crippen molar-refractivity contribution < 1.29 is 14.2 Å². The summed E-state index contributed by atoms with van der Waals surface area (Å²) >= 11 is 0. The largest absolute Gasteiger partial charge is 0.493 e. The van der Waals surface area contributed by atoms with Crippen LogP contribution >= 0.6 is 0 Å². The van der Waals surface area contributed by atoms with Crippen molar-refractivity contribution >= 4 is 5.96 Å². The van der Waals surface area contributed by atoms with Gasteiger partial charge in [-0.2, -0.15) is 0 Å². The highest BCUT2D eigenvalue weighted by atomic mass is 16.5. The zero-order valence-electron chi connectivity index (χ0n) is 19.4. The number of guanidine groups is 1. The highest BCUT2D eigenvalue weighted by Crippen LogP contribution is 2.38. The molecule has 1 saturated heterocycles. The van der Waals surface area contributed by atoms with Gasteiger partial charge in [-0.05, 0) is 24.1 Å². The zero-order chi connectivity index (χ0) is 22.5. The van der Waals surface area contributed by atoms with Crippen LogP contribution in [0.3, 0.4) is 0 Å². The van der Waals surface area contributed by atoms with Gasteiger partial charge in [0, 0.05) is 52.7 Å². The van der Waals surface area contributed by atoms with Crippen molar-refractivity contribution in [2.45, 2.75) is 32.5 Å². The third-order valence-electron chi connectivity index (χ3n) is 6.11. The molecule has 0 aliphatic carbocycles. The molecular weight excluding hydrogens is 410 g/mol. The van der Waals surface area contributed by atoms with E-state index in [1.54, 1.807) is 21.3 Å². The fourth-order valence-corrected chi connectivity index (χ4v) is 4.43. The van der Waals surface area contributed by atoms with Crippen molar-refractivity contribution in [1.29, 1.82) is 0 Å². The van der Waals surface area contributed by atoms with E-state index in [0.29, 0.717) is 23.8 Å². The second-order valence-corrected chi connectivity index (χ2v) is 7.99. The van der Waals surface area contributed by atoms with Crippen LogP contribution in [-0.2, 0) is 26.1 Å². The van der Waals surface area contributed by atoms with Gasteiger partial charge >= 0.3 is 0 Å². The third-order valence-corrected chi connectivity index (χ3v) is 6.11. The first-order valence-corrected chi connectivity index (χ1v) is 11.0. The number of aryl methyl sites for hydroxylation is 1. The predicted molar refractivity (Wildman–Crippen MR) is 121 cm³/mol. The molecule has 4 rings (SSSR count). The van der Waals surface area contributed by atoms with E-state index in [4.69, 9.17) is 14.2 Å². The smallest absolute Gasteiger partial charge is 0.203 e. The highest BCUT2D eigenvalue weighted by molar-refractivity contribution is 5.79. The summed E-state index contributed by atoms with van der Waals surface area (Å²) in [5.74, 6) is 4.98. The summed E-state index contributed by atoms with van der Waals surface area (Å²) in [5.41, 5.74) is 1.14. The first kappa shape index (κ1) is 22.2. The molecule has 0 atom stereocenters. The first-order valence-electron chi connectivity index (χ1n) is 11.0. The Balaban J connectivity index is 1.32. The van der Waals surface area contributed by atoms with E-state index < -0.39 is 0 Å². The fraction of sp³-hybridized carbons (Fsp3) is 0.591. The number of methoxy groups -OCH3 is 3. The van der Waals surface area contributed by atoms with E-state index in [2.05, 4.69) is 34.9 Å². The number of aliphatic imine (C=N–C) groups is 1. The fourth-order valence-electron chi connectivity index (χ4n) is 4.43. The Kier molecular flexibility index (Phi) is 6.99. The molecule has 2 aliphatic heterocycles. The molecule has 0 spiro atoms. The van der Waals surface area contributed by atoms with Crippen molar-refractivity contribution in [2.24, 2.45) is 4.99 Å². The number of hydrogen-bond donors (Lipinski definition) is 1. The second-order valence-electron chi connectivity index (χ2n) is 7.99. The summed E-state index contributed by atoms with van der Waals surface area (Å²) in [6.45, 7) is 6.17. The molecule has 2 aliphatic rings. The van der Waals surface area contributed by atoms with Crippen molar-refractivity contribution in [2.75, 3.05) is 54.6 Å². The molecule has 174 valence electrons.